The first kappa shape index (κ1) is 15.5. The molecule has 0 fully saturated rings. The van der Waals surface area contributed by atoms with Crippen molar-refractivity contribution < 1.29 is 14.4 Å². The molecule has 1 aromatic rings. The van der Waals surface area contributed by atoms with Gasteiger partial charge in [0.2, 0.25) is 5.91 Å². The van der Waals surface area contributed by atoms with Crippen molar-refractivity contribution in [2.45, 2.75) is 32.7 Å². The van der Waals surface area contributed by atoms with Crippen LogP contribution in [0.25, 0.3) is 0 Å². The molecule has 0 spiro atoms. The number of anilines is 1. The fourth-order valence-corrected chi connectivity index (χ4v) is 2.36. The highest BCUT2D eigenvalue weighted by Crippen LogP contribution is 2.33. The number of amides is 2. The van der Waals surface area contributed by atoms with Gasteiger partial charge in [-0.15, -0.1) is 0 Å². The minimum absolute atomic E-state index is 0.173. The summed E-state index contributed by atoms with van der Waals surface area (Å²) in [5.74, 6) is -1.70. The Morgan fingerprint density at radius 3 is 2.62 bits per heavy atom. The lowest BCUT2D eigenvalue weighted by Gasteiger charge is -2.26. The second-order valence-electron chi connectivity index (χ2n) is 5.64. The number of Topliss-reactive ketones (excluding diaryl/α,β-unsaturated/α-hetero) is 1. The number of carbonyl (C=O) groups is 3. The van der Waals surface area contributed by atoms with E-state index >= 15 is 0 Å². The molecule has 0 saturated carbocycles. The molecular weight excluding hydrogens is 292 g/mol. The van der Waals surface area contributed by atoms with E-state index < -0.39 is 11.7 Å². The average molecular weight is 309 g/mol. The Morgan fingerprint density at radius 2 is 2.00 bits per heavy atom. The molecule has 0 bridgehead atoms. The summed E-state index contributed by atoms with van der Waals surface area (Å²) >= 11 is 5.96. The van der Waals surface area contributed by atoms with Crippen LogP contribution in [0.5, 0.6) is 0 Å². The van der Waals surface area contributed by atoms with Crippen LogP contribution >= 0.6 is 11.6 Å². The molecule has 0 atom stereocenters. The third-order valence-electron chi connectivity index (χ3n) is 3.61. The molecule has 2 amide bonds. The molecule has 0 aliphatic carbocycles. The maximum absolute atomic E-state index is 12.1. The Balaban J connectivity index is 2.23. The number of nitrogens with one attached hydrogen (secondary N) is 1. The van der Waals surface area contributed by atoms with Crippen LogP contribution in [0, 0.1) is 0 Å². The van der Waals surface area contributed by atoms with Gasteiger partial charge in [-0.05, 0) is 32.4 Å². The highest BCUT2D eigenvalue weighted by atomic mass is 35.5. The third kappa shape index (κ3) is 2.93. The van der Waals surface area contributed by atoms with E-state index in [2.05, 4.69) is 5.32 Å². The summed E-state index contributed by atoms with van der Waals surface area (Å²) in [7, 11) is 0. The molecule has 1 N–H and O–H groups in total. The zero-order valence-corrected chi connectivity index (χ0v) is 13.0. The van der Waals surface area contributed by atoms with Crippen LogP contribution in [0.15, 0.2) is 18.2 Å². The first-order chi connectivity index (χ1) is 9.76. The normalized spacial score (nSPS) is 14.4. The van der Waals surface area contributed by atoms with Crippen LogP contribution in [-0.2, 0) is 9.59 Å². The van der Waals surface area contributed by atoms with Crippen molar-refractivity contribution >= 4 is 34.9 Å². The topological polar surface area (TPSA) is 66.5 Å². The van der Waals surface area contributed by atoms with Gasteiger partial charge in [0.15, 0.2) is 0 Å². The summed E-state index contributed by atoms with van der Waals surface area (Å²) in [6.45, 7) is 5.56. The number of carbonyl (C=O) groups excluding carboxylic acids is 3. The van der Waals surface area contributed by atoms with E-state index in [1.807, 2.05) is 20.8 Å². The van der Waals surface area contributed by atoms with Crippen LogP contribution in [-0.4, -0.2) is 29.7 Å². The predicted molar refractivity (Wildman–Crippen MR) is 80.6 cm³/mol. The number of fused-ring (bicyclic) bond motifs is 1. The first-order valence-electron chi connectivity index (χ1n) is 6.72. The standard InChI is InChI=1S/C15H17ClN2O3/c1-4-15(2,3)17-11(19)8-18-10-7-5-6-9(16)12(10)13(20)14(18)21/h5-7H,4,8H2,1-3H3,(H,17,19). The number of ketones is 1. The first-order valence-corrected chi connectivity index (χ1v) is 7.10. The fraction of sp³-hybridized carbons (Fsp3) is 0.400. The molecule has 6 heteroatoms. The molecule has 0 aromatic heterocycles. The van der Waals surface area contributed by atoms with Crippen molar-refractivity contribution in [1.82, 2.24) is 5.32 Å². The van der Waals surface area contributed by atoms with Crippen LogP contribution in [0.3, 0.4) is 0 Å². The molecule has 1 aliphatic rings. The van der Waals surface area contributed by atoms with Crippen molar-refractivity contribution in [3.8, 4) is 0 Å². The monoisotopic (exact) mass is 308 g/mol. The van der Waals surface area contributed by atoms with Crippen LogP contribution in [0.4, 0.5) is 5.69 Å². The van der Waals surface area contributed by atoms with E-state index in [9.17, 15) is 14.4 Å². The highest BCUT2D eigenvalue weighted by Gasteiger charge is 2.38. The quantitative estimate of drug-likeness (QED) is 0.867. The van der Waals surface area contributed by atoms with Gasteiger partial charge in [0.25, 0.3) is 11.7 Å². The van der Waals surface area contributed by atoms with Crippen molar-refractivity contribution in [3.05, 3.63) is 28.8 Å². The molecule has 112 valence electrons. The maximum Gasteiger partial charge on any atom is 0.300 e. The number of rotatable bonds is 4. The second-order valence-corrected chi connectivity index (χ2v) is 6.05. The smallest absolute Gasteiger partial charge is 0.300 e. The van der Waals surface area contributed by atoms with Gasteiger partial charge in [-0.1, -0.05) is 24.6 Å². The van der Waals surface area contributed by atoms with Crippen LogP contribution < -0.4 is 10.2 Å². The average Bonchev–Trinajstić information content (AvgIpc) is 2.64. The minimum atomic E-state index is -0.720. The molecule has 0 saturated heterocycles. The van der Waals surface area contributed by atoms with Gasteiger partial charge in [-0.25, -0.2) is 0 Å². The van der Waals surface area contributed by atoms with Gasteiger partial charge in [0.05, 0.1) is 16.3 Å². The number of hydrogen-bond acceptors (Lipinski definition) is 3. The van der Waals surface area contributed by atoms with Crippen LogP contribution in [0.1, 0.15) is 37.6 Å². The van der Waals surface area contributed by atoms with Crippen molar-refractivity contribution in [2.24, 2.45) is 0 Å². The van der Waals surface area contributed by atoms with Gasteiger partial charge in [-0.3, -0.25) is 19.3 Å². The Labute approximate surface area is 128 Å². The summed E-state index contributed by atoms with van der Waals surface area (Å²) in [5.41, 5.74) is 0.203. The van der Waals surface area contributed by atoms with Gasteiger partial charge in [-0.2, -0.15) is 0 Å². The fourth-order valence-electron chi connectivity index (χ4n) is 2.11. The molecule has 1 aromatic carbocycles. The lowest BCUT2D eigenvalue weighted by atomic mass is 10.0. The summed E-state index contributed by atoms with van der Waals surface area (Å²) in [5, 5.41) is 3.06. The lowest BCUT2D eigenvalue weighted by Crippen LogP contribution is -2.48. The predicted octanol–water partition coefficient (Wildman–Crippen LogP) is 2.17. The minimum Gasteiger partial charge on any atom is -0.350 e. The van der Waals surface area contributed by atoms with E-state index in [1.165, 1.54) is 4.90 Å². The largest absolute Gasteiger partial charge is 0.350 e. The molecule has 1 aliphatic heterocycles. The van der Waals surface area contributed by atoms with E-state index in [0.29, 0.717) is 5.69 Å². The second kappa shape index (κ2) is 5.48. The van der Waals surface area contributed by atoms with E-state index in [-0.39, 0.29) is 28.6 Å². The highest BCUT2D eigenvalue weighted by molar-refractivity contribution is 6.55. The summed E-state index contributed by atoms with van der Waals surface area (Å²) in [4.78, 5) is 37.2. The number of benzene rings is 1. The number of nitrogens with zero attached hydrogens (tertiary/aromatic N) is 1. The Hall–Kier alpha value is -1.88. The molecule has 1 heterocycles. The Bertz CT molecular complexity index is 625. The van der Waals surface area contributed by atoms with Crippen molar-refractivity contribution in [1.29, 1.82) is 0 Å². The molecule has 0 unspecified atom stereocenters. The molecule has 2 rings (SSSR count). The third-order valence-corrected chi connectivity index (χ3v) is 3.93. The SMILES string of the molecule is CCC(C)(C)NC(=O)CN1C(=O)C(=O)c2c(Cl)cccc21. The summed E-state index contributed by atoms with van der Waals surface area (Å²) < 4.78 is 0. The van der Waals surface area contributed by atoms with Gasteiger partial charge in [0, 0.05) is 5.54 Å². The van der Waals surface area contributed by atoms with Crippen LogP contribution in [0.2, 0.25) is 5.02 Å². The van der Waals surface area contributed by atoms with Gasteiger partial charge >= 0.3 is 0 Å². The van der Waals surface area contributed by atoms with E-state index in [1.54, 1.807) is 18.2 Å². The molecular formula is C15H17ClN2O3. The lowest BCUT2D eigenvalue weighted by molar-refractivity contribution is -0.123. The molecule has 21 heavy (non-hydrogen) atoms. The zero-order valence-electron chi connectivity index (χ0n) is 12.2. The Kier molecular flexibility index (Phi) is 4.05. The number of hydrogen-bond donors (Lipinski definition) is 1. The van der Waals surface area contributed by atoms with E-state index in [4.69, 9.17) is 11.6 Å². The van der Waals surface area contributed by atoms with Crippen molar-refractivity contribution in [2.75, 3.05) is 11.4 Å². The summed E-state index contributed by atoms with van der Waals surface area (Å²) in [6, 6.07) is 4.81. The van der Waals surface area contributed by atoms with E-state index in [0.717, 1.165) is 6.42 Å². The Morgan fingerprint density at radius 1 is 1.33 bits per heavy atom. The summed E-state index contributed by atoms with van der Waals surface area (Å²) in [6.07, 6.45) is 0.758. The molecule has 0 radical (unpaired) electrons. The maximum atomic E-state index is 12.1. The van der Waals surface area contributed by atoms with Gasteiger partial charge in [0.1, 0.15) is 6.54 Å². The molecule has 5 nitrogen and oxygen atoms in total. The number of halogens is 1. The zero-order chi connectivity index (χ0) is 15.8. The van der Waals surface area contributed by atoms with Crippen molar-refractivity contribution in [3.63, 3.8) is 0 Å². The van der Waals surface area contributed by atoms with Gasteiger partial charge < -0.3 is 5.32 Å².